The molecule has 0 fully saturated rings. The van der Waals surface area contributed by atoms with Crippen LogP contribution in [-0.2, 0) is 0 Å². The number of hydrogen-bond acceptors (Lipinski definition) is 4. The molecule has 0 saturated carbocycles. The Hall–Kier alpha value is -0.690. The Morgan fingerprint density at radius 3 is 2.94 bits per heavy atom. The zero-order chi connectivity index (χ0) is 12.3. The fourth-order valence-corrected chi connectivity index (χ4v) is 2.16. The minimum absolute atomic E-state index is 0.445. The molecule has 0 radical (unpaired) electrons. The first-order chi connectivity index (χ1) is 8.22. The highest BCUT2D eigenvalue weighted by Crippen LogP contribution is 2.23. The van der Waals surface area contributed by atoms with Gasteiger partial charge in [-0.2, -0.15) is 0 Å². The summed E-state index contributed by atoms with van der Waals surface area (Å²) < 4.78 is 0.975. The maximum atomic E-state index is 5.99. The van der Waals surface area contributed by atoms with E-state index in [1.54, 1.807) is 12.4 Å². The van der Waals surface area contributed by atoms with Crippen molar-refractivity contribution < 1.29 is 0 Å². The first-order valence-corrected chi connectivity index (χ1v) is 6.88. The number of fused-ring (bicyclic) bond motifs is 1. The lowest BCUT2D eigenvalue weighted by atomic mass is 10.3. The summed E-state index contributed by atoms with van der Waals surface area (Å²) in [6.07, 6.45) is 5.69. The number of hydrogen-bond donors (Lipinski definition) is 1. The molecule has 0 bridgehead atoms. The first-order valence-electron chi connectivity index (χ1n) is 5.43. The molecule has 1 N–H and O–H groups in total. The highest BCUT2D eigenvalue weighted by Gasteiger charge is 2.07. The number of pyridine rings is 1. The topological polar surface area (TPSA) is 50.7 Å². The van der Waals surface area contributed by atoms with E-state index in [9.17, 15) is 0 Å². The monoisotopic (exact) mass is 362 g/mol. The van der Waals surface area contributed by atoms with E-state index in [1.165, 1.54) is 0 Å². The molecule has 0 amide bonds. The van der Waals surface area contributed by atoms with Gasteiger partial charge in [-0.1, -0.05) is 24.9 Å². The van der Waals surface area contributed by atoms with E-state index < -0.39 is 0 Å². The van der Waals surface area contributed by atoms with Crippen molar-refractivity contribution in [2.24, 2.45) is 0 Å². The molecule has 2 heterocycles. The second-order valence-corrected chi connectivity index (χ2v) is 5.15. The summed E-state index contributed by atoms with van der Waals surface area (Å²) in [7, 11) is 0. The van der Waals surface area contributed by atoms with Crippen LogP contribution in [0.25, 0.3) is 10.9 Å². The first kappa shape index (κ1) is 12.8. The molecule has 17 heavy (non-hydrogen) atoms. The van der Waals surface area contributed by atoms with Gasteiger partial charge in [0.15, 0.2) is 0 Å². The van der Waals surface area contributed by atoms with E-state index in [0.717, 1.165) is 33.9 Å². The van der Waals surface area contributed by atoms with Gasteiger partial charge in [-0.3, -0.25) is 0 Å². The fourth-order valence-electron chi connectivity index (χ4n) is 1.42. The van der Waals surface area contributed by atoms with Crippen molar-refractivity contribution >= 4 is 51.0 Å². The van der Waals surface area contributed by atoms with Gasteiger partial charge in [0.05, 0.1) is 14.5 Å². The Morgan fingerprint density at radius 2 is 2.18 bits per heavy atom. The quantitative estimate of drug-likeness (QED) is 0.514. The highest BCUT2D eigenvalue weighted by molar-refractivity contribution is 14.1. The fraction of sp³-hybridized carbons (Fsp3) is 0.364. The zero-order valence-electron chi connectivity index (χ0n) is 9.37. The number of halogens is 2. The third-order valence-corrected chi connectivity index (χ3v) is 3.43. The molecule has 0 spiro atoms. The predicted molar refractivity (Wildman–Crippen MR) is 78.5 cm³/mol. The molecule has 0 unspecified atom stereocenters. The van der Waals surface area contributed by atoms with Crippen molar-refractivity contribution in [3.8, 4) is 0 Å². The zero-order valence-corrected chi connectivity index (χ0v) is 12.3. The molecule has 0 aromatic carbocycles. The van der Waals surface area contributed by atoms with Crippen molar-refractivity contribution in [2.45, 2.75) is 19.8 Å². The molecule has 0 aliphatic heterocycles. The van der Waals surface area contributed by atoms with Crippen molar-refractivity contribution in [3.05, 3.63) is 21.1 Å². The molecular weight excluding hydrogens is 351 g/mol. The lowest BCUT2D eigenvalue weighted by molar-refractivity contribution is 0.827. The third kappa shape index (κ3) is 2.95. The van der Waals surface area contributed by atoms with E-state index in [1.807, 2.05) is 0 Å². The second kappa shape index (κ2) is 5.77. The minimum atomic E-state index is 0.445. The Bertz CT molecular complexity index is 532. The number of aromatic nitrogens is 3. The third-order valence-electron chi connectivity index (χ3n) is 2.34. The van der Waals surface area contributed by atoms with Gasteiger partial charge in [-0.05, 0) is 29.0 Å². The van der Waals surface area contributed by atoms with Crippen LogP contribution >= 0.6 is 34.2 Å². The van der Waals surface area contributed by atoms with E-state index in [0.29, 0.717) is 11.1 Å². The van der Waals surface area contributed by atoms with Crippen molar-refractivity contribution in [1.29, 1.82) is 0 Å². The van der Waals surface area contributed by atoms with Crippen LogP contribution in [-0.4, -0.2) is 21.5 Å². The second-order valence-electron chi connectivity index (χ2n) is 3.63. The summed E-state index contributed by atoms with van der Waals surface area (Å²) in [5.74, 6) is 0.645. The molecule has 0 saturated heterocycles. The van der Waals surface area contributed by atoms with Crippen LogP contribution in [0.4, 0.5) is 5.95 Å². The molecule has 6 heteroatoms. The SMILES string of the molecule is CCCCNc1ncc2c(Cl)ncc(I)c2n1. The molecular formula is C11H12ClIN4. The highest BCUT2D eigenvalue weighted by atomic mass is 127. The lowest BCUT2D eigenvalue weighted by Crippen LogP contribution is -2.05. The maximum Gasteiger partial charge on any atom is 0.223 e. The smallest absolute Gasteiger partial charge is 0.223 e. The normalized spacial score (nSPS) is 10.8. The summed E-state index contributed by atoms with van der Waals surface area (Å²) in [5.41, 5.74) is 0.847. The molecule has 90 valence electrons. The number of rotatable bonds is 4. The van der Waals surface area contributed by atoms with Gasteiger partial charge in [0.1, 0.15) is 5.15 Å². The molecule has 0 aliphatic rings. The number of nitrogens with zero attached hydrogens (tertiary/aromatic N) is 3. The van der Waals surface area contributed by atoms with Crippen molar-refractivity contribution in [1.82, 2.24) is 15.0 Å². The predicted octanol–water partition coefficient (Wildman–Crippen LogP) is 3.49. The van der Waals surface area contributed by atoms with Crippen LogP contribution < -0.4 is 5.32 Å². The standard InChI is InChI=1S/C11H12ClIN4/c1-2-3-4-14-11-16-5-7-9(17-11)8(13)6-15-10(7)12/h5-6H,2-4H2,1H3,(H,14,16,17). The molecule has 0 aliphatic carbocycles. The van der Waals surface area contributed by atoms with Gasteiger partial charge in [0.25, 0.3) is 0 Å². The van der Waals surface area contributed by atoms with Crippen LogP contribution in [0, 0.1) is 3.57 Å². The Kier molecular flexibility index (Phi) is 4.33. The largest absolute Gasteiger partial charge is 0.354 e. The number of nitrogens with one attached hydrogen (secondary N) is 1. The van der Waals surface area contributed by atoms with Gasteiger partial charge in [-0.15, -0.1) is 0 Å². The number of anilines is 1. The van der Waals surface area contributed by atoms with Crippen molar-refractivity contribution in [3.63, 3.8) is 0 Å². The minimum Gasteiger partial charge on any atom is -0.354 e. The van der Waals surface area contributed by atoms with E-state index in [4.69, 9.17) is 11.6 Å². The Labute approximate surface area is 118 Å². The van der Waals surface area contributed by atoms with Crippen LogP contribution in [0.15, 0.2) is 12.4 Å². The Morgan fingerprint density at radius 1 is 1.35 bits per heavy atom. The van der Waals surface area contributed by atoms with E-state index in [2.05, 4.69) is 49.8 Å². The number of unbranched alkanes of at least 4 members (excludes halogenated alkanes) is 1. The summed E-state index contributed by atoms with van der Waals surface area (Å²) in [6.45, 7) is 3.04. The average molecular weight is 363 g/mol. The molecule has 2 aromatic heterocycles. The maximum absolute atomic E-state index is 5.99. The van der Waals surface area contributed by atoms with Gasteiger partial charge in [0, 0.05) is 18.9 Å². The Balaban J connectivity index is 2.33. The molecule has 0 atom stereocenters. The van der Waals surface area contributed by atoms with Gasteiger partial charge in [-0.25, -0.2) is 15.0 Å². The summed E-state index contributed by atoms with van der Waals surface area (Å²) in [5, 5.41) is 4.43. The summed E-state index contributed by atoms with van der Waals surface area (Å²) in [6, 6.07) is 0. The lowest BCUT2D eigenvalue weighted by Gasteiger charge is -2.06. The van der Waals surface area contributed by atoms with Crippen LogP contribution in [0.1, 0.15) is 19.8 Å². The summed E-state index contributed by atoms with van der Waals surface area (Å²) in [4.78, 5) is 12.8. The molecule has 4 nitrogen and oxygen atoms in total. The van der Waals surface area contributed by atoms with Crippen LogP contribution in [0.5, 0.6) is 0 Å². The van der Waals surface area contributed by atoms with E-state index in [-0.39, 0.29) is 0 Å². The van der Waals surface area contributed by atoms with Crippen LogP contribution in [0.3, 0.4) is 0 Å². The summed E-state index contributed by atoms with van der Waals surface area (Å²) >= 11 is 8.19. The molecule has 2 rings (SSSR count). The van der Waals surface area contributed by atoms with Crippen molar-refractivity contribution in [2.75, 3.05) is 11.9 Å². The van der Waals surface area contributed by atoms with E-state index >= 15 is 0 Å². The van der Waals surface area contributed by atoms with Crippen LogP contribution in [0.2, 0.25) is 5.15 Å². The molecule has 2 aromatic rings. The van der Waals surface area contributed by atoms with Gasteiger partial charge >= 0.3 is 0 Å². The van der Waals surface area contributed by atoms with Gasteiger partial charge < -0.3 is 5.32 Å². The average Bonchev–Trinajstić information content (AvgIpc) is 2.34. The van der Waals surface area contributed by atoms with Gasteiger partial charge in [0.2, 0.25) is 5.95 Å².